The van der Waals surface area contributed by atoms with Crippen molar-refractivity contribution >= 4 is 18.2 Å². The summed E-state index contributed by atoms with van der Waals surface area (Å²) in [7, 11) is 0. The van der Waals surface area contributed by atoms with Gasteiger partial charge in [0.1, 0.15) is 24.0 Å². The number of hydrogen-bond donors (Lipinski definition) is 2. The molecule has 0 aliphatic rings. The fourth-order valence-electron chi connectivity index (χ4n) is 2.45. The molecule has 30 heavy (non-hydrogen) atoms. The van der Waals surface area contributed by atoms with Crippen LogP contribution in [-0.4, -0.2) is 35.0 Å². The number of aliphatic carboxylic acids is 1. The van der Waals surface area contributed by atoms with Gasteiger partial charge in [-0.15, -0.1) is 0 Å². The first kappa shape index (κ1) is 22.7. The molecule has 8 heteroatoms. The maximum Gasteiger partial charge on any atom is 0.514 e. The molecule has 0 radical (unpaired) electrons. The minimum Gasteiger partial charge on any atom is -0.480 e. The Morgan fingerprint density at radius 2 is 1.67 bits per heavy atom. The van der Waals surface area contributed by atoms with E-state index >= 15 is 0 Å². The predicted octanol–water partition coefficient (Wildman–Crippen LogP) is 3.92. The largest absolute Gasteiger partial charge is 0.514 e. The lowest BCUT2D eigenvalue weighted by Crippen LogP contribution is -2.42. The molecule has 0 saturated carbocycles. The second kappa shape index (κ2) is 10.3. The molecule has 0 bridgehead atoms. The Morgan fingerprint density at radius 1 is 1.00 bits per heavy atom. The number of carboxylic acids is 1. The first-order valence-electron chi connectivity index (χ1n) is 9.32. The number of ether oxygens (including phenoxy) is 3. The number of rotatable bonds is 7. The third-order valence-electron chi connectivity index (χ3n) is 3.73. The summed E-state index contributed by atoms with van der Waals surface area (Å²) in [6.45, 7) is 5.16. The van der Waals surface area contributed by atoms with Gasteiger partial charge in [0.05, 0.1) is 0 Å². The summed E-state index contributed by atoms with van der Waals surface area (Å²) >= 11 is 0. The van der Waals surface area contributed by atoms with Crippen molar-refractivity contribution in [2.45, 2.75) is 45.4 Å². The Kier molecular flexibility index (Phi) is 7.80. The summed E-state index contributed by atoms with van der Waals surface area (Å²) in [5.74, 6) is -1.01. The van der Waals surface area contributed by atoms with Crippen LogP contribution in [0.5, 0.6) is 5.75 Å². The van der Waals surface area contributed by atoms with Gasteiger partial charge in [-0.2, -0.15) is 0 Å². The number of carbonyl (C=O) groups is 3. The van der Waals surface area contributed by atoms with Crippen LogP contribution in [0.1, 0.15) is 31.9 Å². The van der Waals surface area contributed by atoms with E-state index in [2.05, 4.69) is 5.32 Å². The lowest BCUT2D eigenvalue weighted by Gasteiger charge is -2.19. The molecule has 2 N–H and O–H groups in total. The Balaban J connectivity index is 1.95. The molecule has 160 valence electrons. The number of benzene rings is 2. The minimum absolute atomic E-state index is 0.0260. The zero-order valence-corrected chi connectivity index (χ0v) is 17.1. The molecular formula is C22H25NO7. The second-order valence-electron chi connectivity index (χ2n) is 7.51. The van der Waals surface area contributed by atoms with Gasteiger partial charge < -0.3 is 24.6 Å². The zero-order valence-electron chi connectivity index (χ0n) is 17.1. The molecule has 0 aliphatic carbocycles. The van der Waals surface area contributed by atoms with Gasteiger partial charge in [-0.3, -0.25) is 0 Å². The number of carbonyl (C=O) groups excluding carboxylic acids is 2. The van der Waals surface area contributed by atoms with Gasteiger partial charge in [-0.1, -0.05) is 42.5 Å². The molecule has 0 fully saturated rings. The summed E-state index contributed by atoms with van der Waals surface area (Å²) < 4.78 is 15.3. The average Bonchev–Trinajstić information content (AvgIpc) is 2.65. The molecule has 0 spiro atoms. The van der Waals surface area contributed by atoms with Crippen molar-refractivity contribution in [2.75, 3.05) is 0 Å². The molecule has 2 rings (SSSR count). The highest BCUT2D eigenvalue weighted by Gasteiger charge is 2.22. The maximum atomic E-state index is 12.0. The summed E-state index contributed by atoms with van der Waals surface area (Å²) in [6.07, 6.45) is -1.73. The molecule has 2 aromatic rings. The maximum absolute atomic E-state index is 12.0. The number of amides is 1. The number of hydrogen-bond acceptors (Lipinski definition) is 6. The van der Waals surface area contributed by atoms with Crippen molar-refractivity contribution in [3.05, 3.63) is 65.7 Å². The van der Waals surface area contributed by atoms with Gasteiger partial charge in [0, 0.05) is 6.42 Å². The number of carboxylic acid groups (broad SMARTS) is 1. The third kappa shape index (κ3) is 8.22. The Hall–Kier alpha value is -3.55. The van der Waals surface area contributed by atoms with Gasteiger partial charge in [-0.25, -0.2) is 14.4 Å². The van der Waals surface area contributed by atoms with E-state index in [1.54, 1.807) is 51.1 Å². The lowest BCUT2D eigenvalue weighted by atomic mass is 10.1. The molecule has 1 amide bonds. The van der Waals surface area contributed by atoms with E-state index in [0.717, 1.165) is 5.56 Å². The highest BCUT2D eigenvalue weighted by atomic mass is 16.7. The monoisotopic (exact) mass is 415 g/mol. The fraction of sp³-hybridized carbons (Fsp3) is 0.318. The second-order valence-corrected chi connectivity index (χ2v) is 7.51. The Bertz CT molecular complexity index is 875. The van der Waals surface area contributed by atoms with Gasteiger partial charge in [0.15, 0.2) is 0 Å². The topological polar surface area (TPSA) is 111 Å². The van der Waals surface area contributed by atoms with Gasteiger partial charge >= 0.3 is 18.2 Å². The van der Waals surface area contributed by atoms with Crippen LogP contribution in [0.3, 0.4) is 0 Å². The van der Waals surface area contributed by atoms with Crippen molar-refractivity contribution < 1.29 is 33.7 Å². The van der Waals surface area contributed by atoms with E-state index in [9.17, 15) is 19.5 Å². The fourth-order valence-corrected chi connectivity index (χ4v) is 2.45. The predicted molar refractivity (Wildman–Crippen MR) is 108 cm³/mol. The van der Waals surface area contributed by atoms with Crippen LogP contribution in [0.25, 0.3) is 0 Å². The van der Waals surface area contributed by atoms with Crippen LogP contribution in [0.15, 0.2) is 54.6 Å². The molecule has 0 heterocycles. The molecule has 1 unspecified atom stereocenters. The molecule has 8 nitrogen and oxygen atoms in total. The summed E-state index contributed by atoms with van der Waals surface area (Å²) in [5.41, 5.74) is 0.631. The van der Waals surface area contributed by atoms with Crippen molar-refractivity contribution in [1.29, 1.82) is 0 Å². The zero-order chi connectivity index (χ0) is 22.1. The lowest BCUT2D eigenvalue weighted by molar-refractivity contribution is -0.139. The normalized spacial score (nSPS) is 11.8. The highest BCUT2D eigenvalue weighted by Crippen LogP contribution is 2.17. The Labute approximate surface area is 174 Å². The van der Waals surface area contributed by atoms with E-state index in [1.807, 2.05) is 18.2 Å². The first-order valence-corrected chi connectivity index (χ1v) is 9.32. The highest BCUT2D eigenvalue weighted by molar-refractivity contribution is 5.80. The molecule has 2 aromatic carbocycles. The van der Waals surface area contributed by atoms with E-state index in [4.69, 9.17) is 14.2 Å². The van der Waals surface area contributed by atoms with Crippen LogP contribution in [0, 0.1) is 0 Å². The van der Waals surface area contributed by atoms with Gasteiger partial charge in [0.2, 0.25) is 0 Å². The third-order valence-corrected chi connectivity index (χ3v) is 3.73. The first-order chi connectivity index (χ1) is 14.1. The van der Waals surface area contributed by atoms with Crippen molar-refractivity contribution in [2.24, 2.45) is 0 Å². The van der Waals surface area contributed by atoms with E-state index in [-0.39, 0.29) is 18.8 Å². The summed E-state index contributed by atoms with van der Waals surface area (Å²) in [6, 6.07) is 14.1. The molecule has 0 aliphatic heterocycles. The van der Waals surface area contributed by atoms with Crippen LogP contribution in [-0.2, 0) is 27.3 Å². The average molecular weight is 415 g/mol. The van der Waals surface area contributed by atoms with E-state index < -0.39 is 29.9 Å². The van der Waals surface area contributed by atoms with E-state index in [1.165, 1.54) is 6.07 Å². The molecular weight excluding hydrogens is 390 g/mol. The standard InChI is InChI=1S/C22H25NO7/c1-22(2,3)30-21(27)29-17-11-7-10-16(12-17)13-18(19(24)25)23-20(26)28-14-15-8-5-4-6-9-15/h4-12,18H,13-14H2,1-3H3,(H,23,26)(H,24,25). The smallest absolute Gasteiger partial charge is 0.480 e. The minimum atomic E-state index is -1.22. The number of alkyl carbamates (subject to hydrolysis) is 1. The van der Waals surface area contributed by atoms with Crippen LogP contribution in [0.2, 0.25) is 0 Å². The molecule has 1 atom stereocenters. The van der Waals surface area contributed by atoms with Crippen molar-refractivity contribution in [3.63, 3.8) is 0 Å². The van der Waals surface area contributed by atoms with Gasteiger partial charge in [-0.05, 0) is 44.0 Å². The van der Waals surface area contributed by atoms with E-state index in [0.29, 0.717) is 5.56 Å². The number of nitrogens with one attached hydrogen (secondary N) is 1. The van der Waals surface area contributed by atoms with Crippen LogP contribution >= 0.6 is 0 Å². The van der Waals surface area contributed by atoms with Crippen LogP contribution in [0.4, 0.5) is 9.59 Å². The molecule has 0 aromatic heterocycles. The SMILES string of the molecule is CC(C)(C)OC(=O)Oc1cccc(CC(NC(=O)OCc2ccccc2)C(=O)O)c1. The summed E-state index contributed by atoms with van der Waals surface area (Å²) in [5, 5.41) is 11.8. The summed E-state index contributed by atoms with van der Waals surface area (Å²) in [4.78, 5) is 35.3. The van der Waals surface area contributed by atoms with Crippen molar-refractivity contribution in [3.8, 4) is 5.75 Å². The Morgan fingerprint density at radius 3 is 2.30 bits per heavy atom. The molecule has 0 saturated heterocycles. The quantitative estimate of drug-likeness (QED) is 0.521. The van der Waals surface area contributed by atoms with Gasteiger partial charge in [0.25, 0.3) is 0 Å². The van der Waals surface area contributed by atoms with Crippen molar-refractivity contribution in [1.82, 2.24) is 5.32 Å². The van der Waals surface area contributed by atoms with Crippen LogP contribution < -0.4 is 10.1 Å².